The molecule has 1 aliphatic rings. The number of aliphatic hydroxyl groups is 1. The van der Waals surface area contributed by atoms with Crippen molar-refractivity contribution in [2.24, 2.45) is 0 Å². The zero-order chi connectivity index (χ0) is 13.2. The number of nitrogens with zero attached hydrogens (tertiary/aromatic N) is 2. The number of benzene rings is 1. The van der Waals surface area contributed by atoms with Crippen LogP contribution in [0.2, 0.25) is 0 Å². The van der Waals surface area contributed by atoms with E-state index in [-0.39, 0.29) is 6.61 Å². The summed E-state index contributed by atoms with van der Waals surface area (Å²) in [6.07, 6.45) is 0. The lowest BCUT2D eigenvalue weighted by atomic mass is 10.2. The molecule has 0 saturated carbocycles. The summed E-state index contributed by atoms with van der Waals surface area (Å²) >= 11 is 0. The van der Waals surface area contributed by atoms with Crippen molar-refractivity contribution in [2.45, 2.75) is 11.5 Å². The maximum absolute atomic E-state index is 12.3. The van der Waals surface area contributed by atoms with Crippen LogP contribution in [0.3, 0.4) is 0 Å². The third kappa shape index (κ3) is 2.72. The summed E-state index contributed by atoms with van der Waals surface area (Å²) in [4.78, 5) is 2.41. The Morgan fingerprint density at radius 2 is 1.67 bits per heavy atom. The lowest BCUT2D eigenvalue weighted by Crippen LogP contribution is -2.46. The topological polar surface area (TPSA) is 60.9 Å². The van der Waals surface area contributed by atoms with Crippen LogP contribution in [0, 0.1) is 0 Å². The lowest BCUT2D eigenvalue weighted by molar-refractivity contribution is 0.222. The molecule has 0 bridgehead atoms. The zero-order valence-electron chi connectivity index (χ0n) is 10.4. The molecule has 5 nitrogen and oxygen atoms in total. The Balaban J connectivity index is 2.19. The summed E-state index contributed by atoms with van der Waals surface area (Å²) in [5.74, 6) is 0. The normalized spacial score (nSPS) is 19.0. The molecule has 0 atom stereocenters. The van der Waals surface area contributed by atoms with Crippen LogP contribution in [-0.4, -0.2) is 56.0 Å². The van der Waals surface area contributed by atoms with Crippen LogP contribution in [0.5, 0.6) is 0 Å². The second kappa shape index (κ2) is 5.36. The van der Waals surface area contributed by atoms with Gasteiger partial charge in [0.15, 0.2) is 0 Å². The first-order valence-electron chi connectivity index (χ1n) is 5.92. The Morgan fingerprint density at radius 1 is 1.11 bits per heavy atom. The van der Waals surface area contributed by atoms with Gasteiger partial charge in [-0.05, 0) is 24.7 Å². The van der Waals surface area contributed by atoms with Gasteiger partial charge in [0.05, 0.1) is 11.5 Å². The first-order chi connectivity index (χ1) is 8.54. The van der Waals surface area contributed by atoms with E-state index in [9.17, 15) is 8.42 Å². The van der Waals surface area contributed by atoms with E-state index in [1.807, 2.05) is 7.05 Å². The minimum Gasteiger partial charge on any atom is -0.392 e. The van der Waals surface area contributed by atoms with Crippen LogP contribution in [-0.2, 0) is 16.6 Å². The van der Waals surface area contributed by atoms with Crippen molar-refractivity contribution in [1.82, 2.24) is 9.21 Å². The van der Waals surface area contributed by atoms with Crippen LogP contribution in [0.4, 0.5) is 0 Å². The van der Waals surface area contributed by atoms with E-state index in [0.29, 0.717) is 23.5 Å². The van der Waals surface area contributed by atoms with Crippen LogP contribution in [0.15, 0.2) is 29.2 Å². The summed E-state index contributed by atoms with van der Waals surface area (Å²) < 4.78 is 26.2. The summed E-state index contributed by atoms with van der Waals surface area (Å²) in [6, 6.07) is 6.39. The molecule has 1 fully saturated rings. The monoisotopic (exact) mass is 270 g/mol. The van der Waals surface area contributed by atoms with Crippen LogP contribution >= 0.6 is 0 Å². The average molecular weight is 270 g/mol. The summed E-state index contributed by atoms with van der Waals surface area (Å²) in [7, 11) is -1.40. The van der Waals surface area contributed by atoms with E-state index < -0.39 is 10.0 Å². The van der Waals surface area contributed by atoms with E-state index in [1.165, 1.54) is 4.31 Å². The largest absolute Gasteiger partial charge is 0.392 e. The van der Waals surface area contributed by atoms with E-state index in [0.717, 1.165) is 13.1 Å². The van der Waals surface area contributed by atoms with Gasteiger partial charge in [-0.3, -0.25) is 0 Å². The molecule has 1 heterocycles. The maximum Gasteiger partial charge on any atom is 0.243 e. The lowest BCUT2D eigenvalue weighted by Gasteiger charge is -2.31. The molecule has 18 heavy (non-hydrogen) atoms. The average Bonchev–Trinajstić information content (AvgIpc) is 2.39. The number of likely N-dealkylation sites (N-methyl/N-ethyl adjacent to an activating group) is 1. The molecule has 0 spiro atoms. The van der Waals surface area contributed by atoms with Crippen molar-refractivity contribution in [3.63, 3.8) is 0 Å². The van der Waals surface area contributed by atoms with Crippen molar-refractivity contribution >= 4 is 10.0 Å². The van der Waals surface area contributed by atoms with E-state index in [1.54, 1.807) is 24.3 Å². The molecule has 0 amide bonds. The van der Waals surface area contributed by atoms with Gasteiger partial charge in [-0.25, -0.2) is 8.42 Å². The Bertz CT molecular complexity index is 491. The van der Waals surface area contributed by atoms with Gasteiger partial charge < -0.3 is 10.0 Å². The molecule has 1 saturated heterocycles. The van der Waals surface area contributed by atoms with Gasteiger partial charge in [-0.15, -0.1) is 0 Å². The van der Waals surface area contributed by atoms with Gasteiger partial charge in [-0.2, -0.15) is 4.31 Å². The molecule has 1 N–H and O–H groups in total. The first kappa shape index (κ1) is 13.5. The molecule has 6 heteroatoms. The second-order valence-electron chi connectivity index (χ2n) is 4.51. The van der Waals surface area contributed by atoms with Gasteiger partial charge in [0.1, 0.15) is 0 Å². The highest BCUT2D eigenvalue weighted by atomic mass is 32.2. The molecule has 100 valence electrons. The molecule has 1 aromatic carbocycles. The fraction of sp³-hybridized carbons (Fsp3) is 0.500. The summed E-state index contributed by atoms with van der Waals surface area (Å²) in [6.45, 7) is 2.50. The molecular formula is C12H18N2O3S. The van der Waals surface area contributed by atoms with Gasteiger partial charge in [-0.1, -0.05) is 12.1 Å². The Morgan fingerprint density at radius 3 is 2.17 bits per heavy atom. The van der Waals surface area contributed by atoms with Crippen molar-refractivity contribution < 1.29 is 13.5 Å². The zero-order valence-corrected chi connectivity index (χ0v) is 11.2. The molecule has 0 aromatic heterocycles. The van der Waals surface area contributed by atoms with Crippen LogP contribution < -0.4 is 0 Å². The van der Waals surface area contributed by atoms with Gasteiger partial charge in [0.2, 0.25) is 10.0 Å². The number of aliphatic hydroxyl groups excluding tert-OH is 1. The number of sulfonamides is 1. The summed E-state index contributed by atoms with van der Waals surface area (Å²) in [5.41, 5.74) is 0.715. The van der Waals surface area contributed by atoms with Crippen molar-refractivity contribution in [3.8, 4) is 0 Å². The highest BCUT2D eigenvalue weighted by molar-refractivity contribution is 7.89. The fourth-order valence-corrected chi connectivity index (χ4v) is 3.37. The molecule has 0 unspecified atom stereocenters. The number of hydrogen-bond donors (Lipinski definition) is 1. The molecular weight excluding hydrogens is 252 g/mol. The number of rotatable bonds is 3. The number of hydrogen-bond acceptors (Lipinski definition) is 4. The van der Waals surface area contributed by atoms with Gasteiger partial charge in [0, 0.05) is 26.2 Å². The highest BCUT2D eigenvalue weighted by Crippen LogP contribution is 2.17. The third-order valence-electron chi connectivity index (χ3n) is 3.21. The SMILES string of the molecule is CN1CCN(S(=O)(=O)c2ccc(CO)cc2)CC1. The van der Waals surface area contributed by atoms with Crippen molar-refractivity contribution in [1.29, 1.82) is 0 Å². The predicted molar refractivity (Wildman–Crippen MR) is 68.6 cm³/mol. The first-order valence-corrected chi connectivity index (χ1v) is 7.36. The smallest absolute Gasteiger partial charge is 0.243 e. The van der Waals surface area contributed by atoms with Gasteiger partial charge in [0.25, 0.3) is 0 Å². The summed E-state index contributed by atoms with van der Waals surface area (Å²) in [5, 5.41) is 8.94. The standard InChI is InChI=1S/C12H18N2O3S/c1-13-6-8-14(9-7-13)18(16,17)12-4-2-11(10-15)3-5-12/h2-5,15H,6-10H2,1H3. The van der Waals surface area contributed by atoms with Crippen molar-refractivity contribution in [3.05, 3.63) is 29.8 Å². The van der Waals surface area contributed by atoms with Crippen LogP contribution in [0.1, 0.15) is 5.56 Å². The van der Waals surface area contributed by atoms with E-state index >= 15 is 0 Å². The van der Waals surface area contributed by atoms with Crippen molar-refractivity contribution in [2.75, 3.05) is 33.2 Å². The van der Waals surface area contributed by atoms with Gasteiger partial charge >= 0.3 is 0 Å². The maximum atomic E-state index is 12.3. The molecule has 1 aliphatic heterocycles. The molecule has 1 aromatic rings. The fourth-order valence-electron chi connectivity index (χ4n) is 1.94. The second-order valence-corrected chi connectivity index (χ2v) is 6.45. The minimum absolute atomic E-state index is 0.0746. The Hall–Kier alpha value is -0.950. The molecule has 0 radical (unpaired) electrons. The molecule has 0 aliphatic carbocycles. The highest BCUT2D eigenvalue weighted by Gasteiger charge is 2.27. The Labute approximate surface area is 108 Å². The Kier molecular flexibility index (Phi) is 4.01. The molecule has 2 rings (SSSR count). The third-order valence-corrected chi connectivity index (χ3v) is 5.12. The van der Waals surface area contributed by atoms with E-state index in [4.69, 9.17) is 5.11 Å². The van der Waals surface area contributed by atoms with E-state index in [2.05, 4.69) is 4.90 Å². The minimum atomic E-state index is -3.39. The quantitative estimate of drug-likeness (QED) is 0.847. The predicted octanol–water partition coefficient (Wildman–Crippen LogP) is 0.115. The van der Waals surface area contributed by atoms with Crippen LogP contribution in [0.25, 0.3) is 0 Å². The number of piperazine rings is 1.